The van der Waals surface area contributed by atoms with Crippen LogP contribution in [0.1, 0.15) is 39.0 Å². The Balaban J connectivity index is 2.49. The van der Waals surface area contributed by atoms with Gasteiger partial charge in [-0.3, -0.25) is 9.78 Å². The van der Waals surface area contributed by atoms with Gasteiger partial charge in [-0.2, -0.15) is 0 Å². The van der Waals surface area contributed by atoms with Gasteiger partial charge in [0.05, 0.1) is 11.7 Å². The Morgan fingerprint density at radius 1 is 1.44 bits per heavy atom. The van der Waals surface area contributed by atoms with E-state index in [1.54, 1.807) is 6.20 Å². The molecule has 0 radical (unpaired) electrons. The minimum Gasteiger partial charge on any atom is -0.350 e. The third-order valence-corrected chi connectivity index (χ3v) is 2.59. The number of pyridine rings is 1. The van der Waals surface area contributed by atoms with Crippen molar-refractivity contribution < 1.29 is 4.79 Å². The third-order valence-electron chi connectivity index (χ3n) is 2.59. The van der Waals surface area contributed by atoms with Crippen molar-refractivity contribution in [2.45, 2.75) is 52.7 Å². The van der Waals surface area contributed by atoms with Crippen molar-refractivity contribution in [2.24, 2.45) is 0 Å². The summed E-state index contributed by atoms with van der Waals surface area (Å²) in [5.74, 6) is 0.0103. The molecule has 18 heavy (non-hydrogen) atoms. The Labute approximate surface area is 109 Å². The minimum atomic E-state index is -0.231. The van der Waals surface area contributed by atoms with Crippen molar-refractivity contribution in [1.82, 2.24) is 15.6 Å². The molecular weight excluding hydrogens is 226 g/mol. The van der Waals surface area contributed by atoms with Crippen LogP contribution in [0.3, 0.4) is 0 Å². The summed E-state index contributed by atoms with van der Waals surface area (Å²) < 4.78 is 0. The lowest BCUT2D eigenvalue weighted by molar-refractivity contribution is -0.124. The fourth-order valence-corrected chi connectivity index (χ4v) is 1.52. The molecule has 0 bridgehead atoms. The van der Waals surface area contributed by atoms with Gasteiger partial charge in [0.2, 0.25) is 5.91 Å². The molecule has 1 rings (SSSR count). The largest absolute Gasteiger partial charge is 0.350 e. The number of hydrogen-bond donors (Lipinski definition) is 2. The second-order valence-electron chi connectivity index (χ2n) is 5.61. The van der Waals surface area contributed by atoms with Crippen molar-refractivity contribution >= 4 is 5.91 Å². The molecule has 1 amide bonds. The van der Waals surface area contributed by atoms with E-state index in [0.29, 0.717) is 6.54 Å². The molecule has 4 heteroatoms. The highest BCUT2D eigenvalue weighted by Gasteiger charge is 2.18. The summed E-state index contributed by atoms with van der Waals surface area (Å²) in [6.07, 6.45) is 1.77. The first kappa shape index (κ1) is 14.6. The predicted octanol–water partition coefficient (Wildman–Crippen LogP) is 1.78. The minimum absolute atomic E-state index is 0.0103. The molecule has 0 aliphatic heterocycles. The molecule has 1 heterocycles. The van der Waals surface area contributed by atoms with E-state index < -0.39 is 0 Å². The molecule has 1 unspecified atom stereocenters. The Morgan fingerprint density at radius 3 is 2.67 bits per heavy atom. The molecule has 0 spiro atoms. The number of aryl methyl sites for hydroxylation is 1. The fourth-order valence-electron chi connectivity index (χ4n) is 1.52. The van der Waals surface area contributed by atoms with Crippen LogP contribution >= 0.6 is 0 Å². The van der Waals surface area contributed by atoms with Crippen LogP contribution in [-0.4, -0.2) is 22.5 Å². The normalized spacial score (nSPS) is 13.2. The zero-order valence-corrected chi connectivity index (χ0v) is 11.9. The van der Waals surface area contributed by atoms with Gasteiger partial charge >= 0.3 is 0 Å². The summed E-state index contributed by atoms with van der Waals surface area (Å²) in [5, 5.41) is 6.14. The van der Waals surface area contributed by atoms with Gasteiger partial charge in [0, 0.05) is 18.3 Å². The van der Waals surface area contributed by atoms with Gasteiger partial charge in [-0.25, -0.2) is 0 Å². The second-order valence-corrected chi connectivity index (χ2v) is 5.61. The van der Waals surface area contributed by atoms with E-state index in [2.05, 4.69) is 15.6 Å². The number of carbonyl (C=O) groups excluding carboxylic acids is 1. The molecule has 2 N–H and O–H groups in total. The lowest BCUT2D eigenvalue weighted by Crippen LogP contribution is -2.49. The topological polar surface area (TPSA) is 54.0 Å². The van der Waals surface area contributed by atoms with Crippen molar-refractivity contribution in [3.63, 3.8) is 0 Å². The number of aromatic nitrogens is 1. The lowest BCUT2D eigenvalue weighted by Gasteiger charge is -2.23. The summed E-state index contributed by atoms with van der Waals surface area (Å²) in [6, 6.07) is 3.70. The Hall–Kier alpha value is -1.42. The first-order valence-corrected chi connectivity index (χ1v) is 6.25. The van der Waals surface area contributed by atoms with Crippen LogP contribution in [-0.2, 0) is 11.3 Å². The summed E-state index contributed by atoms with van der Waals surface area (Å²) in [5.41, 5.74) is 1.91. The smallest absolute Gasteiger partial charge is 0.237 e. The SMILES string of the molecule is Cc1cccnc1CNC(C)C(=O)NC(C)(C)C. The van der Waals surface area contributed by atoms with Crippen LogP contribution < -0.4 is 10.6 Å². The number of amides is 1. The highest BCUT2D eigenvalue weighted by molar-refractivity contribution is 5.81. The van der Waals surface area contributed by atoms with Gasteiger partial charge < -0.3 is 10.6 Å². The second kappa shape index (κ2) is 5.96. The summed E-state index contributed by atoms with van der Waals surface area (Å²) in [6.45, 7) is 10.4. The van der Waals surface area contributed by atoms with E-state index in [1.165, 1.54) is 0 Å². The maximum Gasteiger partial charge on any atom is 0.237 e. The number of nitrogens with one attached hydrogen (secondary N) is 2. The molecule has 1 atom stereocenters. The average molecular weight is 249 g/mol. The third kappa shape index (κ3) is 4.84. The van der Waals surface area contributed by atoms with Crippen molar-refractivity contribution in [3.05, 3.63) is 29.6 Å². The summed E-state index contributed by atoms with van der Waals surface area (Å²) in [4.78, 5) is 16.2. The van der Waals surface area contributed by atoms with E-state index in [1.807, 2.05) is 46.8 Å². The zero-order chi connectivity index (χ0) is 13.8. The van der Waals surface area contributed by atoms with Crippen molar-refractivity contribution in [1.29, 1.82) is 0 Å². The maximum atomic E-state index is 11.9. The number of nitrogens with zero attached hydrogens (tertiary/aromatic N) is 1. The van der Waals surface area contributed by atoms with Crippen LogP contribution in [0.4, 0.5) is 0 Å². The number of carbonyl (C=O) groups is 1. The number of hydrogen-bond acceptors (Lipinski definition) is 3. The van der Waals surface area contributed by atoms with E-state index in [-0.39, 0.29) is 17.5 Å². The molecule has 0 aliphatic carbocycles. The predicted molar refractivity (Wildman–Crippen MR) is 73.2 cm³/mol. The highest BCUT2D eigenvalue weighted by Crippen LogP contribution is 2.03. The summed E-state index contributed by atoms with van der Waals surface area (Å²) in [7, 11) is 0. The average Bonchev–Trinajstić information content (AvgIpc) is 2.25. The standard InChI is InChI=1S/C14H23N3O/c1-10-7-6-8-15-12(10)9-16-11(2)13(18)17-14(3,4)5/h6-8,11,16H,9H2,1-5H3,(H,17,18). The van der Waals surface area contributed by atoms with Crippen molar-refractivity contribution in [3.8, 4) is 0 Å². The van der Waals surface area contributed by atoms with E-state index in [0.717, 1.165) is 11.3 Å². The van der Waals surface area contributed by atoms with Crippen LogP contribution in [0.5, 0.6) is 0 Å². The molecule has 100 valence electrons. The van der Waals surface area contributed by atoms with Gasteiger partial charge in [0.15, 0.2) is 0 Å². The molecule has 1 aromatic rings. The van der Waals surface area contributed by atoms with E-state index in [9.17, 15) is 4.79 Å². The lowest BCUT2D eigenvalue weighted by atomic mass is 10.1. The van der Waals surface area contributed by atoms with Gasteiger partial charge in [-0.05, 0) is 46.2 Å². The van der Waals surface area contributed by atoms with Crippen LogP contribution in [0, 0.1) is 6.92 Å². The van der Waals surface area contributed by atoms with Gasteiger partial charge in [-0.1, -0.05) is 6.07 Å². The van der Waals surface area contributed by atoms with Crippen LogP contribution in [0.2, 0.25) is 0 Å². The molecule has 0 saturated heterocycles. The quantitative estimate of drug-likeness (QED) is 0.855. The van der Waals surface area contributed by atoms with Crippen LogP contribution in [0.25, 0.3) is 0 Å². The monoisotopic (exact) mass is 249 g/mol. The molecule has 0 aliphatic rings. The van der Waals surface area contributed by atoms with E-state index >= 15 is 0 Å². The molecule has 1 aromatic heterocycles. The van der Waals surface area contributed by atoms with Gasteiger partial charge in [0.1, 0.15) is 0 Å². The van der Waals surface area contributed by atoms with Crippen molar-refractivity contribution in [2.75, 3.05) is 0 Å². The van der Waals surface area contributed by atoms with Gasteiger partial charge in [0.25, 0.3) is 0 Å². The number of rotatable bonds is 4. The first-order valence-electron chi connectivity index (χ1n) is 6.25. The fraction of sp³-hybridized carbons (Fsp3) is 0.571. The first-order chi connectivity index (χ1) is 8.29. The molecule has 0 fully saturated rings. The maximum absolute atomic E-state index is 11.9. The Morgan fingerprint density at radius 2 is 2.11 bits per heavy atom. The van der Waals surface area contributed by atoms with Crippen LogP contribution in [0.15, 0.2) is 18.3 Å². The zero-order valence-electron chi connectivity index (χ0n) is 11.9. The molecular formula is C14H23N3O. The van der Waals surface area contributed by atoms with E-state index in [4.69, 9.17) is 0 Å². The molecule has 0 saturated carbocycles. The Kier molecular flexibility index (Phi) is 4.84. The van der Waals surface area contributed by atoms with Gasteiger partial charge in [-0.15, -0.1) is 0 Å². The highest BCUT2D eigenvalue weighted by atomic mass is 16.2. The Bertz CT molecular complexity index is 410. The molecule has 4 nitrogen and oxygen atoms in total. The summed E-state index contributed by atoms with van der Waals surface area (Å²) >= 11 is 0. The molecule has 0 aromatic carbocycles.